The molecule has 0 atom stereocenters. The predicted molar refractivity (Wildman–Crippen MR) is 82.1 cm³/mol. The zero-order chi connectivity index (χ0) is 13.7. The zero-order valence-corrected chi connectivity index (χ0v) is 13.7. The molecule has 19 heavy (non-hydrogen) atoms. The number of ether oxygens (including phenoxy) is 1. The van der Waals surface area contributed by atoms with Crippen molar-refractivity contribution >= 4 is 31.9 Å². The van der Waals surface area contributed by atoms with Gasteiger partial charge in [-0.05, 0) is 56.5 Å². The molecule has 0 saturated carbocycles. The molecule has 1 aromatic heterocycles. The Hall–Kier alpha value is -0.850. The Balaban J connectivity index is 1.97. The molecule has 0 bridgehead atoms. The van der Waals surface area contributed by atoms with Crippen molar-refractivity contribution in [2.45, 2.75) is 20.0 Å². The molecule has 0 amide bonds. The zero-order valence-electron chi connectivity index (χ0n) is 10.5. The number of benzene rings is 1. The van der Waals surface area contributed by atoms with Gasteiger partial charge in [-0.3, -0.25) is 0 Å². The molecular formula is C13H15Br2N3O. The lowest BCUT2D eigenvalue weighted by Crippen LogP contribution is -2.13. The van der Waals surface area contributed by atoms with Crippen molar-refractivity contribution in [1.82, 2.24) is 15.3 Å². The third kappa shape index (κ3) is 4.06. The highest BCUT2D eigenvalue weighted by atomic mass is 79.9. The Morgan fingerprint density at radius 2 is 2.00 bits per heavy atom. The Kier molecular flexibility index (Phi) is 5.42. The fourth-order valence-electron chi connectivity index (χ4n) is 1.72. The first-order valence-corrected chi connectivity index (χ1v) is 7.59. The van der Waals surface area contributed by atoms with Crippen LogP contribution in [0.3, 0.4) is 0 Å². The molecule has 102 valence electrons. The highest BCUT2D eigenvalue weighted by Crippen LogP contribution is 2.34. The first-order valence-electron chi connectivity index (χ1n) is 6.00. The number of hydrogen-bond acceptors (Lipinski definition) is 3. The molecule has 0 aliphatic carbocycles. The van der Waals surface area contributed by atoms with Crippen molar-refractivity contribution < 1.29 is 4.74 Å². The maximum atomic E-state index is 5.56. The SMILES string of the molecule is CCOc1c(Br)cc(CNCc2ncc[nH]2)cc1Br. The van der Waals surface area contributed by atoms with E-state index in [0.717, 1.165) is 33.6 Å². The van der Waals surface area contributed by atoms with E-state index in [1.54, 1.807) is 6.20 Å². The largest absolute Gasteiger partial charge is 0.492 e. The van der Waals surface area contributed by atoms with Gasteiger partial charge in [0.2, 0.25) is 0 Å². The summed E-state index contributed by atoms with van der Waals surface area (Å²) in [4.78, 5) is 7.22. The van der Waals surface area contributed by atoms with E-state index in [1.807, 2.05) is 13.1 Å². The third-order valence-corrected chi connectivity index (χ3v) is 3.70. The summed E-state index contributed by atoms with van der Waals surface area (Å²) in [6, 6.07) is 4.12. The fraction of sp³-hybridized carbons (Fsp3) is 0.308. The molecule has 0 saturated heterocycles. The molecule has 2 aromatic rings. The number of hydrogen-bond donors (Lipinski definition) is 2. The summed E-state index contributed by atoms with van der Waals surface area (Å²) in [5, 5.41) is 3.33. The van der Waals surface area contributed by atoms with Crippen LogP contribution in [0.5, 0.6) is 5.75 Å². The van der Waals surface area contributed by atoms with Gasteiger partial charge in [0.25, 0.3) is 0 Å². The van der Waals surface area contributed by atoms with Crippen molar-refractivity contribution in [2.24, 2.45) is 0 Å². The monoisotopic (exact) mass is 387 g/mol. The molecule has 1 aromatic carbocycles. The lowest BCUT2D eigenvalue weighted by molar-refractivity contribution is 0.336. The fourth-order valence-corrected chi connectivity index (χ4v) is 3.23. The summed E-state index contributed by atoms with van der Waals surface area (Å²) in [5.41, 5.74) is 1.17. The number of aromatic amines is 1. The summed E-state index contributed by atoms with van der Waals surface area (Å²) in [6.07, 6.45) is 3.57. The van der Waals surface area contributed by atoms with E-state index in [9.17, 15) is 0 Å². The van der Waals surface area contributed by atoms with E-state index in [1.165, 1.54) is 5.56 Å². The number of imidazole rings is 1. The predicted octanol–water partition coefficient (Wildman–Crippen LogP) is 3.62. The second-order valence-corrected chi connectivity index (χ2v) is 5.67. The highest BCUT2D eigenvalue weighted by molar-refractivity contribution is 9.11. The first kappa shape index (κ1) is 14.6. The van der Waals surface area contributed by atoms with Gasteiger partial charge in [0.15, 0.2) is 0 Å². The normalized spacial score (nSPS) is 10.7. The van der Waals surface area contributed by atoms with Gasteiger partial charge in [-0.1, -0.05) is 0 Å². The minimum Gasteiger partial charge on any atom is -0.492 e. The van der Waals surface area contributed by atoms with E-state index >= 15 is 0 Å². The van der Waals surface area contributed by atoms with Gasteiger partial charge in [-0.2, -0.15) is 0 Å². The van der Waals surface area contributed by atoms with E-state index in [0.29, 0.717) is 6.61 Å². The lowest BCUT2D eigenvalue weighted by atomic mass is 10.2. The van der Waals surface area contributed by atoms with Gasteiger partial charge in [0.05, 0.1) is 22.1 Å². The van der Waals surface area contributed by atoms with Crippen molar-refractivity contribution in [3.63, 3.8) is 0 Å². The third-order valence-electron chi connectivity index (χ3n) is 2.52. The van der Waals surface area contributed by atoms with Crippen molar-refractivity contribution in [3.8, 4) is 5.75 Å². The molecule has 4 nitrogen and oxygen atoms in total. The van der Waals surface area contributed by atoms with Crippen LogP contribution in [-0.2, 0) is 13.1 Å². The van der Waals surface area contributed by atoms with Crippen molar-refractivity contribution in [2.75, 3.05) is 6.61 Å². The second-order valence-electron chi connectivity index (χ2n) is 3.96. The molecule has 2 rings (SSSR count). The number of nitrogens with zero attached hydrogens (tertiary/aromatic N) is 1. The number of halogens is 2. The maximum Gasteiger partial charge on any atom is 0.147 e. The van der Waals surface area contributed by atoms with Gasteiger partial charge in [-0.15, -0.1) is 0 Å². The molecule has 6 heteroatoms. The van der Waals surface area contributed by atoms with Gasteiger partial charge < -0.3 is 15.0 Å². The lowest BCUT2D eigenvalue weighted by Gasteiger charge is -2.11. The molecule has 0 spiro atoms. The maximum absolute atomic E-state index is 5.56. The molecule has 2 N–H and O–H groups in total. The van der Waals surface area contributed by atoms with Gasteiger partial charge in [0.1, 0.15) is 11.6 Å². The van der Waals surface area contributed by atoms with E-state index in [-0.39, 0.29) is 0 Å². The van der Waals surface area contributed by atoms with Crippen LogP contribution in [0, 0.1) is 0 Å². The molecular weight excluding hydrogens is 374 g/mol. The molecule has 0 radical (unpaired) electrons. The van der Waals surface area contributed by atoms with Crippen LogP contribution < -0.4 is 10.1 Å². The Labute approximate surface area is 129 Å². The minimum atomic E-state index is 0.646. The summed E-state index contributed by atoms with van der Waals surface area (Å²) < 4.78 is 7.47. The van der Waals surface area contributed by atoms with E-state index in [4.69, 9.17) is 4.74 Å². The summed E-state index contributed by atoms with van der Waals surface area (Å²) in [7, 11) is 0. The summed E-state index contributed by atoms with van der Waals surface area (Å²) >= 11 is 7.06. The Morgan fingerprint density at radius 3 is 2.58 bits per heavy atom. The topological polar surface area (TPSA) is 49.9 Å². The number of H-pyrrole nitrogens is 1. The first-order chi connectivity index (χ1) is 9.20. The van der Waals surface area contributed by atoms with E-state index < -0.39 is 0 Å². The van der Waals surface area contributed by atoms with Gasteiger partial charge in [-0.25, -0.2) is 4.98 Å². The van der Waals surface area contributed by atoms with Crippen LogP contribution in [0.4, 0.5) is 0 Å². The smallest absolute Gasteiger partial charge is 0.147 e. The van der Waals surface area contributed by atoms with Crippen LogP contribution in [0.15, 0.2) is 33.5 Å². The number of nitrogens with one attached hydrogen (secondary N) is 2. The molecule has 0 aliphatic heterocycles. The van der Waals surface area contributed by atoms with Crippen LogP contribution in [0.1, 0.15) is 18.3 Å². The van der Waals surface area contributed by atoms with Gasteiger partial charge >= 0.3 is 0 Å². The molecule has 0 unspecified atom stereocenters. The summed E-state index contributed by atoms with van der Waals surface area (Å²) in [5.74, 6) is 1.78. The highest BCUT2D eigenvalue weighted by Gasteiger charge is 2.08. The van der Waals surface area contributed by atoms with Crippen LogP contribution >= 0.6 is 31.9 Å². The van der Waals surface area contributed by atoms with Crippen molar-refractivity contribution in [1.29, 1.82) is 0 Å². The average Bonchev–Trinajstić information content (AvgIpc) is 2.87. The number of rotatable bonds is 6. The van der Waals surface area contributed by atoms with Crippen LogP contribution in [-0.4, -0.2) is 16.6 Å². The van der Waals surface area contributed by atoms with Crippen molar-refractivity contribution in [3.05, 3.63) is 44.9 Å². The Bertz CT molecular complexity index is 506. The number of aromatic nitrogens is 2. The average molecular weight is 389 g/mol. The van der Waals surface area contributed by atoms with E-state index in [2.05, 4.69) is 59.3 Å². The summed E-state index contributed by atoms with van der Waals surface area (Å²) in [6.45, 7) is 4.10. The Morgan fingerprint density at radius 1 is 1.26 bits per heavy atom. The minimum absolute atomic E-state index is 0.646. The van der Waals surface area contributed by atoms with Crippen LogP contribution in [0.25, 0.3) is 0 Å². The van der Waals surface area contributed by atoms with Crippen LogP contribution in [0.2, 0.25) is 0 Å². The quantitative estimate of drug-likeness (QED) is 0.794. The standard InChI is InChI=1S/C13H15Br2N3O/c1-2-19-13-10(14)5-9(6-11(13)15)7-16-8-12-17-3-4-18-12/h3-6,16H,2,7-8H2,1H3,(H,17,18). The molecule has 0 aliphatic rings. The second kappa shape index (κ2) is 7.07. The molecule has 1 heterocycles. The van der Waals surface area contributed by atoms with Gasteiger partial charge in [0, 0.05) is 18.9 Å². The molecule has 0 fully saturated rings.